The number of anilines is 1. The van der Waals surface area contributed by atoms with Crippen LogP contribution in [0.4, 0.5) is 5.69 Å². The fraction of sp³-hybridized carbons (Fsp3) is 0.318. The van der Waals surface area contributed by atoms with Gasteiger partial charge in [0.2, 0.25) is 0 Å². The van der Waals surface area contributed by atoms with Crippen molar-refractivity contribution in [1.82, 2.24) is 10.4 Å². The smallest absolute Gasteiger partial charge is 0.280 e. The zero-order valence-corrected chi connectivity index (χ0v) is 16.6. The van der Waals surface area contributed by atoms with Crippen molar-refractivity contribution in [1.29, 1.82) is 0 Å². The van der Waals surface area contributed by atoms with Gasteiger partial charge in [-0.05, 0) is 29.7 Å². The van der Waals surface area contributed by atoms with Crippen LogP contribution in [0.5, 0.6) is 0 Å². The number of piperazine rings is 1. The number of nitrogens with zero attached hydrogens (tertiary/aromatic N) is 2. The van der Waals surface area contributed by atoms with Gasteiger partial charge in [-0.2, -0.15) is 0 Å². The standard InChI is InChI=1S/C22H25N3O2S/c26-22(23-27)21-10-9-20(28-21)18-6-4-5-17(15-18)16-24-11-13-25(14-12-24)19-7-2-1-3-8-19/h1-8,10,15,20,27H,9,11-14,16H2,(H,23,26). The number of benzene rings is 2. The van der Waals surface area contributed by atoms with Crippen LogP contribution in [0.3, 0.4) is 0 Å². The lowest BCUT2D eigenvalue weighted by Crippen LogP contribution is -2.45. The topological polar surface area (TPSA) is 55.8 Å². The number of para-hydroxylation sites is 1. The highest BCUT2D eigenvalue weighted by molar-refractivity contribution is 8.04. The number of carbonyl (C=O) groups excluding carboxylic acids is 1. The largest absolute Gasteiger partial charge is 0.369 e. The molecular formula is C22H25N3O2S. The molecule has 6 heteroatoms. The van der Waals surface area contributed by atoms with Gasteiger partial charge < -0.3 is 4.90 Å². The number of nitrogens with one attached hydrogen (secondary N) is 1. The highest BCUT2D eigenvalue weighted by Crippen LogP contribution is 2.43. The van der Waals surface area contributed by atoms with Crippen molar-refractivity contribution in [2.75, 3.05) is 31.1 Å². The van der Waals surface area contributed by atoms with E-state index in [4.69, 9.17) is 5.21 Å². The summed E-state index contributed by atoms with van der Waals surface area (Å²) in [5.41, 5.74) is 5.57. The third kappa shape index (κ3) is 4.41. The van der Waals surface area contributed by atoms with E-state index in [-0.39, 0.29) is 5.25 Å². The number of hydrogen-bond donors (Lipinski definition) is 2. The SMILES string of the molecule is O=C(NO)C1=CCC(c2cccc(CN3CCN(c4ccccc4)CC3)c2)S1. The monoisotopic (exact) mass is 395 g/mol. The average molecular weight is 396 g/mol. The van der Waals surface area contributed by atoms with Gasteiger partial charge in [0, 0.05) is 43.7 Å². The molecule has 4 rings (SSSR count). The second-order valence-electron chi connectivity index (χ2n) is 7.20. The third-order valence-electron chi connectivity index (χ3n) is 5.33. The van der Waals surface area contributed by atoms with E-state index in [9.17, 15) is 4.79 Å². The van der Waals surface area contributed by atoms with Crippen LogP contribution in [0.1, 0.15) is 22.8 Å². The molecule has 1 atom stereocenters. The zero-order valence-electron chi connectivity index (χ0n) is 15.8. The lowest BCUT2D eigenvalue weighted by atomic mass is 10.1. The Balaban J connectivity index is 1.33. The van der Waals surface area contributed by atoms with Crippen LogP contribution < -0.4 is 10.4 Å². The first-order valence-electron chi connectivity index (χ1n) is 9.65. The Morgan fingerprint density at radius 2 is 1.86 bits per heavy atom. The van der Waals surface area contributed by atoms with E-state index in [1.807, 2.05) is 6.08 Å². The predicted molar refractivity (Wildman–Crippen MR) is 113 cm³/mol. The number of amides is 1. The molecule has 28 heavy (non-hydrogen) atoms. The van der Waals surface area contributed by atoms with E-state index in [1.165, 1.54) is 28.6 Å². The van der Waals surface area contributed by atoms with E-state index in [2.05, 4.69) is 64.4 Å². The van der Waals surface area contributed by atoms with Crippen molar-refractivity contribution >= 4 is 23.4 Å². The Labute approximate surface area is 170 Å². The minimum Gasteiger partial charge on any atom is -0.369 e. The number of hydroxylamine groups is 1. The molecular weight excluding hydrogens is 370 g/mol. The van der Waals surface area contributed by atoms with E-state index in [1.54, 1.807) is 5.48 Å². The fourth-order valence-electron chi connectivity index (χ4n) is 3.82. The number of thioether (sulfide) groups is 1. The minimum absolute atomic E-state index is 0.238. The molecule has 0 bridgehead atoms. The lowest BCUT2D eigenvalue weighted by molar-refractivity contribution is -0.124. The predicted octanol–water partition coefficient (Wildman–Crippen LogP) is 3.58. The van der Waals surface area contributed by atoms with E-state index in [0.717, 1.165) is 39.1 Å². The molecule has 2 aliphatic heterocycles. The Bertz CT molecular complexity index is 848. The molecule has 1 fully saturated rings. The summed E-state index contributed by atoms with van der Waals surface area (Å²) in [4.78, 5) is 17.1. The van der Waals surface area contributed by atoms with Crippen molar-refractivity contribution < 1.29 is 10.0 Å². The maximum absolute atomic E-state index is 11.6. The number of carbonyl (C=O) groups is 1. The first-order valence-corrected chi connectivity index (χ1v) is 10.5. The number of hydrogen-bond acceptors (Lipinski definition) is 5. The summed E-state index contributed by atoms with van der Waals surface area (Å²) in [6.45, 7) is 5.15. The molecule has 2 N–H and O–H groups in total. The molecule has 0 radical (unpaired) electrons. The molecule has 1 unspecified atom stereocenters. The van der Waals surface area contributed by atoms with Crippen molar-refractivity contribution in [2.45, 2.75) is 18.2 Å². The fourth-order valence-corrected chi connectivity index (χ4v) is 4.95. The Kier molecular flexibility index (Phi) is 6.00. The van der Waals surface area contributed by atoms with Crippen LogP contribution in [0, 0.1) is 0 Å². The van der Waals surface area contributed by atoms with Gasteiger partial charge in [-0.1, -0.05) is 48.5 Å². The summed E-state index contributed by atoms with van der Waals surface area (Å²) >= 11 is 1.52. The second-order valence-corrected chi connectivity index (χ2v) is 8.44. The number of allylic oxidation sites excluding steroid dienone is 1. The molecule has 2 aliphatic rings. The van der Waals surface area contributed by atoms with E-state index in [0.29, 0.717) is 4.91 Å². The summed E-state index contributed by atoms with van der Waals surface area (Å²) in [5, 5.41) is 9.05. The average Bonchev–Trinajstić information content (AvgIpc) is 3.25. The summed E-state index contributed by atoms with van der Waals surface area (Å²) in [6.07, 6.45) is 2.71. The highest BCUT2D eigenvalue weighted by atomic mass is 32.2. The maximum Gasteiger partial charge on any atom is 0.280 e. The summed E-state index contributed by atoms with van der Waals surface area (Å²) in [7, 11) is 0. The van der Waals surface area contributed by atoms with Gasteiger partial charge in [0.25, 0.3) is 5.91 Å². The van der Waals surface area contributed by atoms with Gasteiger partial charge in [-0.15, -0.1) is 11.8 Å². The summed E-state index contributed by atoms with van der Waals surface area (Å²) < 4.78 is 0. The molecule has 2 aromatic rings. The van der Waals surface area contributed by atoms with Crippen molar-refractivity contribution in [3.05, 3.63) is 76.7 Å². The molecule has 0 aromatic heterocycles. The second kappa shape index (κ2) is 8.82. The van der Waals surface area contributed by atoms with Gasteiger partial charge >= 0.3 is 0 Å². The van der Waals surface area contributed by atoms with Gasteiger partial charge in [0.05, 0.1) is 4.91 Å². The third-order valence-corrected chi connectivity index (χ3v) is 6.69. The molecule has 1 saturated heterocycles. The Morgan fingerprint density at radius 1 is 1.07 bits per heavy atom. The van der Waals surface area contributed by atoms with Gasteiger partial charge in [-0.25, -0.2) is 5.48 Å². The van der Waals surface area contributed by atoms with Crippen LogP contribution >= 0.6 is 11.8 Å². The Morgan fingerprint density at radius 3 is 2.61 bits per heavy atom. The molecule has 2 aromatic carbocycles. The molecule has 1 amide bonds. The van der Waals surface area contributed by atoms with Crippen molar-refractivity contribution in [3.8, 4) is 0 Å². The van der Waals surface area contributed by atoms with Crippen LogP contribution in [-0.4, -0.2) is 42.2 Å². The molecule has 0 spiro atoms. The van der Waals surface area contributed by atoms with E-state index < -0.39 is 5.91 Å². The lowest BCUT2D eigenvalue weighted by Gasteiger charge is -2.36. The minimum atomic E-state index is -0.417. The van der Waals surface area contributed by atoms with Gasteiger partial charge in [0.15, 0.2) is 0 Å². The van der Waals surface area contributed by atoms with Crippen LogP contribution in [0.25, 0.3) is 0 Å². The van der Waals surface area contributed by atoms with Crippen molar-refractivity contribution in [2.24, 2.45) is 0 Å². The molecule has 2 heterocycles. The van der Waals surface area contributed by atoms with E-state index >= 15 is 0 Å². The normalized spacial score (nSPS) is 20.1. The quantitative estimate of drug-likeness (QED) is 0.599. The van der Waals surface area contributed by atoms with Crippen LogP contribution in [0.2, 0.25) is 0 Å². The highest BCUT2D eigenvalue weighted by Gasteiger charge is 2.24. The number of rotatable bonds is 5. The molecule has 146 valence electrons. The maximum atomic E-state index is 11.6. The zero-order chi connectivity index (χ0) is 19.3. The van der Waals surface area contributed by atoms with Crippen molar-refractivity contribution in [3.63, 3.8) is 0 Å². The Hall–Kier alpha value is -2.28. The van der Waals surface area contributed by atoms with Crippen LogP contribution in [0.15, 0.2) is 65.6 Å². The molecule has 0 saturated carbocycles. The first-order chi connectivity index (χ1) is 13.7. The van der Waals surface area contributed by atoms with Crippen LogP contribution in [-0.2, 0) is 11.3 Å². The summed E-state index contributed by atoms with van der Waals surface area (Å²) in [6, 6.07) is 19.3. The van der Waals surface area contributed by atoms with Gasteiger partial charge in [0.1, 0.15) is 0 Å². The summed E-state index contributed by atoms with van der Waals surface area (Å²) in [5.74, 6) is -0.417. The molecule has 5 nitrogen and oxygen atoms in total. The molecule has 0 aliphatic carbocycles. The van der Waals surface area contributed by atoms with Gasteiger partial charge in [-0.3, -0.25) is 14.9 Å². The first kappa shape index (κ1) is 19.1.